The van der Waals surface area contributed by atoms with Crippen molar-refractivity contribution in [3.63, 3.8) is 0 Å². The highest BCUT2D eigenvalue weighted by Crippen LogP contribution is 2.33. The van der Waals surface area contributed by atoms with Crippen molar-refractivity contribution in [2.45, 2.75) is 63.7 Å². The van der Waals surface area contributed by atoms with Gasteiger partial charge in [-0.3, -0.25) is 14.7 Å². The molecule has 214 valence electrons. The van der Waals surface area contributed by atoms with Crippen LogP contribution in [0, 0.1) is 12.8 Å². The van der Waals surface area contributed by atoms with Gasteiger partial charge in [0.1, 0.15) is 0 Å². The summed E-state index contributed by atoms with van der Waals surface area (Å²) < 4.78 is 69.6. The molecule has 3 atom stereocenters. The van der Waals surface area contributed by atoms with Gasteiger partial charge in [0, 0.05) is 44.9 Å². The molecule has 0 bridgehead atoms. The summed E-state index contributed by atoms with van der Waals surface area (Å²) in [5.74, 6) is -4.67. The van der Waals surface area contributed by atoms with Gasteiger partial charge in [-0.15, -0.1) is 0 Å². The molecule has 1 amide bonds. The van der Waals surface area contributed by atoms with E-state index in [0.717, 1.165) is 57.0 Å². The third kappa shape index (κ3) is 9.42. The molecular weight excluding hydrogens is 528 g/mol. The van der Waals surface area contributed by atoms with Crippen LogP contribution < -0.4 is 0 Å². The van der Waals surface area contributed by atoms with E-state index in [1.54, 1.807) is 0 Å². The SMILES string of the molecule is Cc1cccc(CN2C[C@@H]3CCCO[C@@H]3[C@H](N3CCCC3=O)C2)n1.O=C(O)C(F)(F)F.O=C(O)C(F)(F)F. The number of hydrogen-bond acceptors (Lipinski definition) is 6. The maximum absolute atomic E-state index is 12.3. The molecule has 9 nitrogen and oxygen atoms in total. The van der Waals surface area contributed by atoms with Crippen molar-refractivity contribution in [1.82, 2.24) is 14.8 Å². The van der Waals surface area contributed by atoms with Crippen molar-refractivity contribution in [2.24, 2.45) is 5.92 Å². The standard InChI is InChI=1S/C19H27N3O2.2C2HF3O2/c1-14-5-2-7-16(20-14)12-21-11-15-6-4-10-24-19(15)17(13-21)22-9-3-8-18(22)23;2*3-2(4,5)1(6)7/h2,5,7,15,17,19H,3-4,6,8-13H2,1H3;2*(H,6,7)/t15-,17+,19-;;/m0../s1. The number of carbonyl (C=O) groups excluding carboxylic acids is 1. The number of halogens is 6. The Morgan fingerprint density at radius 2 is 1.66 bits per heavy atom. The number of carboxylic acid groups (broad SMARTS) is 2. The highest BCUT2D eigenvalue weighted by atomic mass is 19.4. The van der Waals surface area contributed by atoms with E-state index < -0.39 is 24.3 Å². The fourth-order valence-electron chi connectivity index (χ4n) is 4.60. The summed E-state index contributed by atoms with van der Waals surface area (Å²) in [6, 6.07) is 6.43. The van der Waals surface area contributed by atoms with Gasteiger partial charge in [0.25, 0.3) is 0 Å². The minimum atomic E-state index is -5.08. The molecule has 15 heteroatoms. The number of fused-ring (bicyclic) bond motifs is 1. The number of rotatable bonds is 3. The molecular formula is C23H29F6N3O6. The number of piperidine rings is 1. The first kappa shape index (κ1) is 31.3. The zero-order valence-corrected chi connectivity index (χ0v) is 20.5. The third-order valence-corrected chi connectivity index (χ3v) is 6.14. The van der Waals surface area contributed by atoms with E-state index in [1.165, 1.54) is 6.42 Å². The second-order valence-corrected chi connectivity index (χ2v) is 9.07. The van der Waals surface area contributed by atoms with E-state index in [0.29, 0.717) is 18.2 Å². The van der Waals surface area contributed by atoms with E-state index >= 15 is 0 Å². The van der Waals surface area contributed by atoms with Crippen molar-refractivity contribution >= 4 is 17.8 Å². The van der Waals surface area contributed by atoms with Crippen LogP contribution in [0.5, 0.6) is 0 Å². The molecule has 38 heavy (non-hydrogen) atoms. The molecule has 1 aromatic rings. The molecule has 0 aliphatic carbocycles. The predicted octanol–water partition coefficient (Wildman–Crippen LogP) is 3.26. The van der Waals surface area contributed by atoms with E-state index in [9.17, 15) is 31.1 Å². The Labute approximate surface area is 214 Å². The number of likely N-dealkylation sites (tertiary alicyclic amines) is 2. The van der Waals surface area contributed by atoms with Gasteiger partial charge < -0.3 is 19.8 Å². The molecule has 3 aliphatic rings. The van der Waals surface area contributed by atoms with Gasteiger partial charge in [0.15, 0.2) is 0 Å². The maximum atomic E-state index is 12.3. The average molecular weight is 557 g/mol. The lowest BCUT2D eigenvalue weighted by atomic mass is 9.84. The Bertz CT molecular complexity index is 950. The summed E-state index contributed by atoms with van der Waals surface area (Å²) in [7, 11) is 0. The van der Waals surface area contributed by atoms with Crippen molar-refractivity contribution in [3.8, 4) is 0 Å². The van der Waals surface area contributed by atoms with Crippen molar-refractivity contribution in [1.29, 1.82) is 0 Å². The van der Waals surface area contributed by atoms with Crippen LogP contribution in [0.15, 0.2) is 18.2 Å². The molecule has 1 aromatic heterocycles. The van der Waals surface area contributed by atoms with Crippen LogP contribution in [0.3, 0.4) is 0 Å². The van der Waals surface area contributed by atoms with Crippen LogP contribution in [0.2, 0.25) is 0 Å². The molecule has 3 fully saturated rings. The number of hydrogen-bond donors (Lipinski definition) is 2. The van der Waals surface area contributed by atoms with Crippen molar-refractivity contribution < 1.29 is 55.7 Å². The average Bonchev–Trinajstić information content (AvgIpc) is 3.24. The number of aliphatic carboxylic acids is 2. The second-order valence-electron chi connectivity index (χ2n) is 9.07. The molecule has 0 aromatic carbocycles. The Morgan fingerprint density at radius 1 is 1.05 bits per heavy atom. The summed E-state index contributed by atoms with van der Waals surface area (Å²) >= 11 is 0. The van der Waals surface area contributed by atoms with E-state index in [2.05, 4.69) is 26.9 Å². The van der Waals surface area contributed by atoms with E-state index in [4.69, 9.17) is 24.5 Å². The van der Waals surface area contributed by atoms with Crippen LogP contribution in [0.4, 0.5) is 26.3 Å². The first-order chi connectivity index (χ1) is 17.6. The highest BCUT2D eigenvalue weighted by Gasteiger charge is 2.44. The number of aromatic nitrogens is 1. The zero-order chi connectivity index (χ0) is 28.7. The van der Waals surface area contributed by atoms with Gasteiger partial charge in [-0.1, -0.05) is 6.07 Å². The summed E-state index contributed by atoms with van der Waals surface area (Å²) in [4.78, 5) is 39.3. The molecule has 0 radical (unpaired) electrons. The summed E-state index contributed by atoms with van der Waals surface area (Å²) in [5.41, 5.74) is 2.19. The first-order valence-electron chi connectivity index (χ1n) is 11.8. The summed E-state index contributed by atoms with van der Waals surface area (Å²) in [5, 5.41) is 14.2. The molecule has 2 N–H and O–H groups in total. The molecule has 4 heterocycles. The van der Waals surface area contributed by atoms with Crippen molar-refractivity contribution in [3.05, 3.63) is 29.6 Å². The molecule has 0 unspecified atom stereocenters. The van der Waals surface area contributed by atoms with Gasteiger partial charge in [-0.05, 0) is 44.2 Å². The third-order valence-electron chi connectivity index (χ3n) is 6.14. The Kier molecular flexibility index (Phi) is 10.9. The normalized spacial score (nSPS) is 23.9. The smallest absolute Gasteiger partial charge is 0.475 e. The number of alkyl halides is 6. The Hall–Kier alpha value is -2.94. The lowest BCUT2D eigenvalue weighted by Gasteiger charge is -2.48. The van der Waals surface area contributed by atoms with Crippen LogP contribution in [-0.2, 0) is 25.7 Å². The highest BCUT2D eigenvalue weighted by molar-refractivity contribution is 5.78. The largest absolute Gasteiger partial charge is 0.490 e. The number of pyridine rings is 1. The van der Waals surface area contributed by atoms with Crippen LogP contribution in [0.1, 0.15) is 37.1 Å². The predicted molar refractivity (Wildman–Crippen MR) is 119 cm³/mol. The minimum absolute atomic E-state index is 0.212. The van der Waals surface area contributed by atoms with E-state index in [1.807, 2.05) is 13.0 Å². The topological polar surface area (TPSA) is 120 Å². The molecule has 3 aliphatic heterocycles. The van der Waals surface area contributed by atoms with Crippen molar-refractivity contribution in [2.75, 3.05) is 26.2 Å². The second kappa shape index (κ2) is 13.2. The zero-order valence-electron chi connectivity index (χ0n) is 20.5. The number of carbonyl (C=O) groups is 3. The quantitative estimate of drug-likeness (QED) is 0.544. The lowest BCUT2D eigenvalue weighted by molar-refractivity contribution is -0.193. The van der Waals surface area contributed by atoms with E-state index in [-0.39, 0.29) is 12.1 Å². The summed E-state index contributed by atoms with van der Waals surface area (Å²) in [6.07, 6.45) is -5.90. The van der Waals surface area contributed by atoms with Crippen LogP contribution in [0.25, 0.3) is 0 Å². The van der Waals surface area contributed by atoms with Gasteiger partial charge in [0.2, 0.25) is 5.91 Å². The maximum Gasteiger partial charge on any atom is 0.490 e. The molecule has 0 saturated carbocycles. The number of aryl methyl sites for hydroxylation is 1. The molecule has 0 spiro atoms. The van der Waals surface area contributed by atoms with Gasteiger partial charge in [0.05, 0.1) is 17.8 Å². The summed E-state index contributed by atoms with van der Waals surface area (Å²) in [6.45, 7) is 6.60. The fraction of sp³-hybridized carbons (Fsp3) is 0.652. The van der Waals surface area contributed by atoms with Gasteiger partial charge in [-0.2, -0.15) is 26.3 Å². The number of amides is 1. The Morgan fingerprint density at radius 3 is 2.16 bits per heavy atom. The van der Waals surface area contributed by atoms with Crippen LogP contribution >= 0.6 is 0 Å². The Balaban J connectivity index is 0.000000301. The number of ether oxygens (including phenoxy) is 1. The van der Waals surface area contributed by atoms with Crippen LogP contribution in [-0.4, -0.2) is 93.6 Å². The molecule has 4 rings (SSSR count). The first-order valence-corrected chi connectivity index (χ1v) is 11.8. The number of carboxylic acids is 2. The number of nitrogens with zero attached hydrogens (tertiary/aromatic N) is 3. The minimum Gasteiger partial charge on any atom is -0.475 e. The monoisotopic (exact) mass is 557 g/mol. The van der Waals surface area contributed by atoms with Gasteiger partial charge >= 0.3 is 24.3 Å². The van der Waals surface area contributed by atoms with Gasteiger partial charge in [-0.25, -0.2) is 9.59 Å². The fourth-order valence-corrected chi connectivity index (χ4v) is 4.60. The molecule has 3 saturated heterocycles. The lowest BCUT2D eigenvalue weighted by Crippen LogP contribution is -2.61.